The van der Waals surface area contributed by atoms with Crippen LogP contribution >= 0.6 is 11.6 Å². The van der Waals surface area contributed by atoms with Gasteiger partial charge in [-0.15, -0.1) is 0 Å². The van der Waals surface area contributed by atoms with Gasteiger partial charge in [0.1, 0.15) is 0 Å². The molecule has 0 spiro atoms. The average molecular weight is 279 g/mol. The minimum atomic E-state index is -0.416. The molecule has 0 aliphatic carbocycles. The summed E-state index contributed by atoms with van der Waals surface area (Å²) in [4.78, 5) is 0. The summed E-state index contributed by atoms with van der Waals surface area (Å²) in [7, 11) is -0.416. The topological polar surface area (TPSA) is 35.8 Å². The molecule has 100 valence electrons. The van der Waals surface area contributed by atoms with Crippen molar-refractivity contribution >= 4 is 29.7 Å². The Morgan fingerprint density at radius 3 is 2.47 bits per heavy atom. The van der Waals surface area contributed by atoms with Crippen LogP contribution in [0.1, 0.15) is 27.7 Å². The van der Waals surface area contributed by atoms with Gasteiger partial charge in [0.2, 0.25) is 0 Å². The van der Waals surface area contributed by atoms with Gasteiger partial charge in [-0.2, -0.15) is 5.10 Å². The molecule has 0 aromatic carbocycles. The number of hydrogen-bond acceptors (Lipinski definition) is 3. The van der Waals surface area contributed by atoms with Crippen molar-refractivity contribution in [3.05, 3.63) is 29.5 Å². The van der Waals surface area contributed by atoms with Gasteiger partial charge in [0.15, 0.2) is 0 Å². The largest absolute Gasteiger partial charge is 0.498 e. The number of pyridine rings is 1. The highest BCUT2D eigenvalue weighted by molar-refractivity contribution is 6.64. The van der Waals surface area contributed by atoms with E-state index in [1.807, 2.05) is 40.0 Å². The molecule has 0 bridgehead atoms. The van der Waals surface area contributed by atoms with E-state index in [1.54, 1.807) is 16.8 Å². The summed E-state index contributed by atoms with van der Waals surface area (Å²) < 4.78 is 13.8. The second kappa shape index (κ2) is 3.98. The zero-order valence-corrected chi connectivity index (χ0v) is 12.2. The maximum absolute atomic E-state index is 6.04. The predicted octanol–water partition coefficient (Wildman–Crippen LogP) is 2.29. The second-order valence-corrected chi connectivity index (χ2v) is 6.30. The van der Waals surface area contributed by atoms with Crippen LogP contribution in [0.15, 0.2) is 24.5 Å². The van der Waals surface area contributed by atoms with Crippen molar-refractivity contribution in [1.29, 1.82) is 0 Å². The standard InChI is InChI=1S/C13H16BClN2O2/c1-12(2)13(3,4)19-14(18-12)10-8-16-17-6-5-9(15)7-11(10)17/h5-8H,1-4H3. The highest BCUT2D eigenvalue weighted by Gasteiger charge is 2.52. The van der Waals surface area contributed by atoms with E-state index in [1.165, 1.54) is 0 Å². The van der Waals surface area contributed by atoms with E-state index in [9.17, 15) is 0 Å². The molecule has 0 atom stereocenters. The summed E-state index contributed by atoms with van der Waals surface area (Å²) in [6, 6.07) is 3.67. The van der Waals surface area contributed by atoms with E-state index >= 15 is 0 Å². The van der Waals surface area contributed by atoms with E-state index in [0.717, 1.165) is 11.0 Å². The summed E-state index contributed by atoms with van der Waals surface area (Å²) in [6.45, 7) is 8.13. The van der Waals surface area contributed by atoms with Crippen LogP contribution in [0.2, 0.25) is 5.02 Å². The van der Waals surface area contributed by atoms with Crippen molar-refractivity contribution in [1.82, 2.24) is 9.61 Å². The minimum absolute atomic E-state index is 0.357. The Balaban J connectivity index is 2.05. The first-order valence-electron chi connectivity index (χ1n) is 6.29. The first kappa shape index (κ1) is 13.0. The van der Waals surface area contributed by atoms with Crippen LogP contribution in [0.25, 0.3) is 5.52 Å². The zero-order chi connectivity index (χ0) is 13.8. The van der Waals surface area contributed by atoms with Gasteiger partial charge in [0.25, 0.3) is 0 Å². The Labute approximate surface area is 117 Å². The van der Waals surface area contributed by atoms with Gasteiger partial charge in [0.05, 0.1) is 16.7 Å². The lowest BCUT2D eigenvalue weighted by Gasteiger charge is -2.32. The molecule has 3 rings (SSSR count). The third-order valence-corrected chi connectivity index (χ3v) is 4.26. The zero-order valence-electron chi connectivity index (χ0n) is 11.5. The molecule has 1 saturated heterocycles. The Morgan fingerprint density at radius 2 is 1.84 bits per heavy atom. The average Bonchev–Trinajstić information content (AvgIpc) is 2.77. The normalized spacial score (nSPS) is 21.2. The van der Waals surface area contributed by atoms with Crippen LogP contribution in [0, 0.1) is 0 Å². The Morgan fingerprint density at radius 1 is 1.21 bits per heavy atom. The molecule has 0 amide bonds. The number of fused-ring (bicyclic) bond motifs is 1. The molecule has 4 nitrogen and oxygen atoms in total. The Bertz CT molecular complexity index is 623. The van der Waals surface area contributed by atoms with E-state index in [4.69, 9.17) is 20.9 Å². The van der Waals surface area contributed by atoms with Gasteiger partial charge < -0.3 is 9.31 Å². The molecule has 1 aliphatic heterocycles. The minimum Gasteiger partial charge on any atom is -0.399 e. The van der Waals surface area contributed by atoms with E-state index in [2.05, 4.69) is 5.10 Å². The first-order valence-corrected chi connectivity index (χ1v) is 6.66. The molecule has 0 saturated carbocycles. The molecule has 3 heterocycles. The molecule has 19 heavy (non-hydrogen) atoms. The van der Waals surface area contributed by atoms with Crippen LogP contribution in [-0.2, 0) is 9.31 Å². The lowest BCUT2D eigenvalue weighted by molar-refractivity contribution is 0.00578. The molecule has 1 aliphatic rings. The van der Waals surface area contributed by atoms with Crippen molar-refractivity contribution in [2.75, 3.05) is 0 Å². The molecule has 2 aromatic heterocycles. The number of aromatic nitrogens is 2. The van der Waals surface area contributed by atoms with E-state index in [-0.39, 0.29) is 11.2 Å². The maximum Gasteiger partial charge on any atom is 0.498 e. The quantitative estimate of drug-likeness (QED) is 0.751. The van der Waals surface area contributed by atoms with Crippen molar-refractivity contribution in [2.24, 2.45) is 0 Å². The van der Waals surface area contributed by atoms with Crippen LogP contribution < -0.4 is 5.46 Å². The van der Waals surface area contributed by atoms with Gasteiger partial charge in [0, 0.05) is 22.9 Å². The Kier molecular flexibility index (Phi) is 2.72. The summed E-state index contributed by atoms with van der Waals surface area (Å²) in [6.07, 6.45) is 3.60. The van der Waals surface area contributed by atoms with Gasteiger partial charge >= 0.3 is 7.12 Å². The fraction of sp³-hybridized carbons (Fsp3) is 0.462. The summed E-state index contributed by atoms with van der Waals surface area (Å²) in [5.41, 5.74) is 1.10. The summed E-state index contributed by atoms with van der Waals surface area (Å²) >= 11 is 6.04. The molecule has 1 fully saturated rings. The van der Waals surface area contributed by atoms with Crippen molar-refractivity contribution in [3.63, 3.8) is 0 Å². The molecular weight excluding hydrogens is 262 g/mol. The lowest BCUT2D eigenvalue weighted by atomic mass is 9.80. The molecule has 2 aromatic rings. The molecule has 0 radical (unpaired) electrons. The van der Waals surface area contributed by atoms with Gasteiger partial charge in [-0.1, -0.05) is 11.6 Å². The highest BCUT2D eigenvalue weighted by atomic mass is 35.5. The first-order chi connectivity index (χ1) is 8.80. The van der Waals surface area contributed by atoms with Crippen LogP contribution in [-0.4, -0.2) is 27.9 Å². The van der Waals surface area contributed by atoms with Crippen molar-refractivity contribution in [2.45, 2.75) is 38.9 Å². The van der Waals surface area contributed by atoms with Gasteiger partial charge in [-0.3, -0.25) is 0 Å². The van der Waals surface area contributed by atoms with E-state index < -0.39 is 7.12 Å². The molecule has 6 heteroatoms. The highest BCUT2D eigenvalue weighted by Crippen LogP contribution is 2.36. The monoisotopic (exact) mass is 278 g/mol. The van der Waals surface area contributed by atoms with Gasteiger partial charge in [-0.25, -0.2) is 4.52 Å². The third kappa shape index (κ3) is 1.97. The number of hydrogen-bond donors (Lipinski definition) is 0. The summed E-state index contributed by atoms with van der Waals surface area (Å²) in [5, 5.41) is 4.97. The number of rotatable bonds is 1. The third-order valence-electron chi connectivity index (χ3n) is 4.02. The fourth-order valence-corrected chi connectivity index (χ4v) is 2.29. The molecular formula is C13H16BClN2O2. The van der Waals surface area contributed by atoms with Crippen LogP contribution in [0.4, 0.5) is 0 Å². The van der Waals surface area contributed by atoms with Gasteiger partial charge in [-0.05, 0) is 39.8 Å². The summed E-state index contributed by atoms with van der Waals surface area (Å²) in [5.74, 6) is 0. The Hall–Kier alpha value is -1.04. The number of nitrogens with zero attached hydrogens (tertiary/aromatic N) is 2. The maximum atomic E-state index is 6.04. The smallest absolute Gasteiger partial charge is 0.399 e. The fourth-order valence-electron chi connectivity index (χ4n) is 2.13. The van der Waals surface area contributed by atoms with Crippen molar-refractivity contribution in [3.8, 4) is 0 Å². The van der Waals surface area contributed by atoms with Crippen LogP contribution in [0.3, 0.4) is 0 Å². The predicted molar refractivity (Wildman–Crippen MR) is 75.9 cm³/mol. The van der Waals surface area contributed by atoms with Crippen LogP contribution in [0.5, 0.6) is 0 Å². The molecule has 0 unspecified atom stereocenters. The SMILES string of the molecule is CC1(C)OB(c2cnn3ccc(Cl)cc23)OC1(C)C. The van der Waals surface area contributed by atoms with Crippen molar-refractivity contribution < 1.29 is 9.31 Å². The lowest BCUT2D eigenvalue weighted by Crippen LogP contribution is -2.41. The van der Waals surface area contributed by atoms with E-state index in [0.29, 0.717) is 5.02 Å². The molecule has 0 N–H and O–H groups in total. The second-order valence-electron chi connectivity index (χ2n) is 5.86. The number of halogens is 1.